The standard InChI is InChI=1S/C13H16Cl2N2/c1-2-13(17-7-5-16-6-8-17)11-9-10(14)3-4-12(11)15/h2-4,9,13,16H,1,5-8H2/t13-/m0/s1. The molecule has 0 aromatic heterocycles. The SMILES string of the molecule is C=C[C@@H](c1cc(Cl)ccc1Cl)N1CCNCC1. The zero-order chi connectivity index (χ0) is 12.3. The number of piperazine rings is 1. The first kappa shape index (κ1) is 12.9. The van der Waals surface area contributed by atoms with E-state index in [1.165, 1.54) is 0 Å². The lowest BCUT2D eigenvalue weighted by atomic mass is 10.0. The average Bonchev–Trinajstić information content (AvgIpc) is 2.36. The maximum Gasteiger partial charge on any atom is 0.0545 e. The van der Waals surface area contributed by atoms with Crippen LogP contribution in [-0.4, -0.2) is 31.1 Å². The molecular weight excluding hydrogens is 255 g/mol. The minimum absolute atomic E-state index is 0.142. The van der Waals surface area contributed by atoms with Crippen LogP contribution in [0.5, 0.6) is 0 Å². The van der Waals surface area contributed by atoms with Crippen molar-refractivity contribution in [1.29, 1.82) is 0 Å². The number of halogens is 2. The molecule has 0 amide bonds. The van der Waals surface area contributed by atoms with Crippen molar-refractivity contribution in [2.24, 2.45) is 0 Å². The molecule has 0 unspecified atom stereocenters. The summed E-state index contributed by atoms with van der Waals surface area (Å²) in [7, 11) is 0. The molecule has 2 nitrogen and oxygen atoms in total. The van der Waals surface area contributed by atoms with Crippen molar-refractivity contribution in [3.63, 3.8) is 0 Å². The highest BCUT2D eigenvalue weighted by Crippen LogP contribution is 2.30. The van der Waals surface area contributed by atoms with Crippen LogP contribution >= 0.6 is 23.2 Å². The van der Waals surface area contributed by atoms with Gasteiger partial charge in [-0.25, -0.2) is 0 Å². The zero-order valence-corrected chi connectivity index (χ0v) is 11.1. The van der Waals surface area contributed by atoms with Gasteiger partial charge in [0.25, 0.3) is 0 Å². The summed E-state index contributed by atoms with van der Waals surface area (Å²) in [5.41, 5.74) is 1.04. The van der Waals surface area contributed by atoms with Gasteiger partial charge < -0.3 is 5.32 Å². The van der Waals surface area contributed by atoms with Gasteiger partial charge in [-0.15, -0.1) is 6.58 Å². The first-order chi connectivity index (χ1) is 8.22. The molecule has 1 saturated heterocycles. The molecule has 1 fully saturated rings. The van der Waals surface area contributed by atoms with Gasteiger partial charge >= 0.3 is 0 Å². The zero-order valence-electron chi connectivity index (χ0n) is 9.63. The van der Waals surface area contributed by atoms with Gasteiger partial charge in [0.2, 0.25) is 0 Å². The van der Waals surface area contributed by atoms with Crippen LogP contribution in [0.1, 0.15) is 11.6 Å². The van der Waals surface area contributed by atoms with E-state index in [4.69, 9.17) is 23.2 Å². The van der Waals surface area contributed by atoms with Crippen LogP contribution in [0, 0.1) is 0 Å². The minimum atomic E-state index is 0.142. The van der Waals surface area contributed by atoms with Crippen LogP contribution in [-0.2, 0) is 0 Å². The Morgan fingerprint density at radius 1 is 1.29 bits per heavy atom. The quantitative estimate of drug-likeness (QED) is 0.850. The van der Waals surface area contributed by atoms with Crippen molar-refractivity contribution in [3.8, 4) is 0 Å². The second-order valence-electron chi connectivity index (χ2n) is 4.13. The van der Waals surface area contributed by atoms with E-state index in [-0.39, 0.29) is 6.04 Å². The van der Waals surface area contributed by atoms with E-state index in [0.717, 1.165) is 36.8 Å². The first-order valence-corrected chi connectivity index (χ1v) is 6.50. The number of hydrogen-bond acceptors (Lipinski definition) is 2. The van der Waals surface area contributed by atoms with E-state index in [1.807, 2.05) is 24.3 Å². The van der Waals surface area contributed by atoms with Crippen LogP contribution in [0.2, 0.25) is 10.0 Å². The molecule has 1 N–H and O–H groups in total. The van der Waals surface area contributed by atoms with Gasteiger partial charge in [0, 0.05) is 36.2 Å². The van der Waals surface area contributed by atoms with E-state index in [1.54, 1.807) is 0 Å². The Morgan fingerprint density at radius 3 is 2.65 bits per heavy atom. The van der Waals surface area contributed by atoms with Gasteiger partial charge in [-0.2, -0.15) is 0 Å². The monoisotopic (exact) mass is 270 g/mol. The van der Waals surface area contributed by atoms with Gasteiger partial charge in [0.05, 0.1) is 6.04 Å². The number of benzene rings is 1. The largest absolute Gasteiger partial charge is 0.314 e. The topological polar surface area (TPSA) is 15.3 Å². The van der Waals surface area contributed by atoms with E-state index < -0.39 is 0 Å². The summed E-state index contributed by atoms with van der Waals surface area (Å²) in [6.07, 6.45) is 1.93. The second-order valence-corrected chi connectivity index (χ2v) is 4.98. The Morgan fingerprint density at radius 2 is 2.00 bits per heavy atom. The van der Waals surface area contributed by atoms with Crippen molar-refractivity contribution in [2.45, 2.75) is 6.04 Å². The van der Waals surface area contributed by atoms with Gasteiger partial charge in [-0.3, -0.25) is 4.90 Å². The summed E-state index contributed by atoms with van der Waals surface area (Å²) in [5, 5.41) is 4.80. The normalized spacial score (nSPS) is 18.9. The molecule has 1 heterocycles. The van der Waals surface area contributed by atoms with Crippen LogP contribution in [0.4, 0.5) is 0 Å². The highest BCUT2D eigenvalue weighted by atomic mass is 35.5. The Kier molecular flexibility index (Phi) is 4.46. The van der Waals surface area contributed by atoms with E-state index in [9.17, 15) is 0 Å². The third kappa shape index (κ3) is 3.02. The Hall–Kier alpha value is -0.540. The summed E-state index contributed by atoms with van der Waals surface area (Å²) in [5.74, 6) is 0. The summed E-state index contributed by atoms with van der Waals surface area (Å²) < 4.78 is 0. The Balaban J connectivity index is 2.27. The lowest BCUT2D eigenvalue weighted by Crippen LogP contribution is -2.44. The van der Waals surface area contributed by atoms with Crippen molar-refractivity contribution in [2.75, 3.05) is 26.2 Å². The number of nitrogens with one attached hydrogen (secondary N) is 1. The molecule has 1 aromatic rings. The molecule has 0 spiro atoms. The third-order valence-electron chi connectivity index (χ3n) is 3.04. The maximum atomic E-state index is 6.24. The molecule has 1 aliphatic heterocycles. The first-order valence-electron chi connectivity index (χ1n) is 5.74. The fourth-order valence-corrected chi connectivity index (χ4v) is 2.58. The fraction of sp³-hybridized carbons (Fsp3) is 0.385. The minimum Gasteiger partial charge on any atom is -0.314 e. The number of rotatable bonds is 3. The average molecular weight is 271 g/mol. The molecule has 4 heteroatoms. The van der Waals surface area contributed by atoms with Crippen LogP contribution < -0.4 is 5.32 Å². The molecular formula is C13H16Cl2N2. The van der Waals surface area contributed by atoms with Gasteiger partial charge in [-0.1, -0.05) is 29.3 Å². The number of nitrogens with zero attached hydrogens (tertiary/aromatic N) is 1. The van der Waals surface area contributed by atoms with Crippen molar-refractivity contribution >= 4 is 23.2 Å². The van der Waals surface area contributed by atoms with Gasteiger partial charge in [-0.05, 0) is 23.8 Å². The molecule has 1 aromatic carbocycles. The lowest BCUT2D eigenvalue weighted by molar-refractivity contribution is 0.203. The van der Waals surface area contributed by atoms with Gasteiger partial charge in [0.15, 0.2) is 0 Å². The summed E-state index contributed by atoms with van der Waals surface area (Å²) >= 11 is 12.3. The van der Waals surface area contributed by atoms with Crippen molar-refractivity contribution < 1.29 is 0 Å². The van der Waals surface area contributed by atoms with Crippen molar-refractivity contribution in [3.05, 3.63) is 46.5 Å². The molecule has 1 atom stereocenters. The predicted molar refractivity (Wildman–Crippen MR) is 73.8 cm³/mol. The molecule has 1 aliphatic rings. The molecule has 0 radical (unpaired) electrons. The van der Waals surface area contributed by atoms with Gasteiger partial charge in [0.1, 0.15) is 0 Å². The van der Waals surface area contributed by atoms with Crippen LogP contribution in [0.3, 0.4) is 0 Å². The van der Waals surface area contributed by atoms with Crippen LogP contribution in [0.15, 0.2) is 30.9 Å². The molecule has 0 bridgehead atoms. The summed E-state index contributed by atoms with van der Waals surface area (Å²) in [6, 6.07) is 5.73. The predicted octanol–water partition coefficient (Wildman–Crippen LogP) is 3.13. The van der Waals surface area contributed by atoms with Crippen molar-refractivity contribution in [1.82, 2.24) is 10.2 Å². The summed E-state index contributed by atoms with van der Waals surface area (Å²) in [4.78, 5) is 2.36. The highest BCUT2D eigenvalue weighted by molar-refractivity contribution is 6.33. The summed E-state index contributed by atoms with van der Waals surface area (Å²) in [6.45, 7) is 7.92. The third-order valence-corrected chi connectivity index (χ3v) is 3.62. The molecule has 2 rings (SSSR count). The molecule has 0 saturated carbocycles. The van der Waals surface area contributed by atoms with E-state index in [0.29, 0.717) is 5.02 Å². The molecule has 17 heavy (non-hydrogen) atoms. The molecule has 92 valence electrons. The van der Waals surface area contributed by atoms with E-state index in [2.05, 4.69) is 16.8 Å². The Labute approximate surface area is 112 Å². The highest BCUT2D eigenvalue weighted by Gasteiger charge is 2.21. The number of hydrogen-bond donors (Lipinski definition) is 1. The lowest BCUT2D eigenvalue weighted by Gasteiger charge is -2.33. The molecule has 0 aliphatic carbocycles. The smallest absolute Gasteiger partial charge is 0.0545 e. The fourth-order valence-electron chi connectivity index (χ4n) is 2.17. The second kappa shape index (κ2) is 5.87. The maximum absolute atomic E-state index is 6.24. The van der Waals surface area contributed by atoms with E-state index >= 15 is 0 Å². The Bertz CT molecular complexity index is 400. The van der Waals surface area contributed by atoms with Crippen LogP contribution in [0.25, 0.3) is 0 Å².